The van der Waals surface area contributed by atoms with Gasteiger partial charge in [-0.15, -0.1) is 0 Å². The van der Waals surface area contributed by atoms with Crippen LogP contribution < -0.4 is 0 Å². The molecule has 0 spiro atoms. The zero-order valence-corrected chi connectivity index (χ0v) is 11.8. The van der Waals surface area contributed by atoms with E-state index in [0.717, 1.165) is 31.8 Å². The average molecular weight is 249 g/mol. The SMILES string of the molecule is Cn1ccnc1C1CCN(C(=O)C(C)(C)C)CC1. The molecule has 18 heavy (non-hydrogen) atoms. The van der Waals surface area contributed by atoms with Crippen molar-refractivity contribution in [2.45, 2.75) is 39.5 Å². The van der Waals surface area contributed by atoms with Gasteiger partial charge in [0.05, 0.1) is 0 Å². The molecule has 2 heterocycles. The Balaban J connectivity index is 1.97. The molecule has 1 fully saturated rings. The number of hydrogen-bond donors (Lipinski definition) is 0. The fraction of sp³-hybridized carbons (Fsp3) is 0.714. The topological polar surface area (TPSA) is 38.1 Å². The van der Waals surface area contributed by atoms with Gasteiger partial charge >= 0.3 is 0 Å². The van der Waals surface area contributed by atoms with Gasteiger partial charge < -0.3 is 9.47 Å². The Morgan fingerprint density at radius 3 is 2.39 bits per heavy atom. The third kappa shape index (κ3) is 2.57. The van der Waals surface area contributed by atoms with Gasteiger partial charge in [0.25, 0.3) is 0 Å². The zero-order valence-electron chi connectivity index (χ0n) is 11.8. The summed E-state index contributed by atoms with van der Waals surface area (Å²) < 4.78 is 2.09. The molecule has 2 rings (SSSR count). The molecule has 0 N–H and O–H groups in total. The van der Waals surface area contributed by atoms with E-state index in [0.29, 0.717) is 5.92 Å². The third-order valence-corrected chi connectivity index (χ3v) is 3.65. The first-order chi connectivity index (χ1) is 8.39. The highest BCUT2D eigenvalue weighted by Gasteiger charge is 2.31. The van der Waals surface area contributed by atoms with Gasteiger partial charge in [-0.3, -0.25) is 4.79 Å². The number of aryl methyl sites for hydroxylation is 1. The standard InChI is InChI=1S/C14H23N3O/c1-14(2,3)13(18)17-8-5-11(6-9-17)12-15-7-10-16(12)4/h7,10-11H,5-6,8-9H2,1-4H3. The van der Waals surface area contributed by atoms with Gasteiger partial charge in [0.1, 0.15) is 5.82 Å². The first-order valence-electron chi connectivity index (χ1n) is 6.66. The van der Waals surface area contributed by atoms with Crippen molar-refractivity contribution in [3.8, 4) is 0 Å². The normalized spacial score (nSPS) is 18.1. The Morgan fingerprint density at radius 1 is 1.33 bits per heavy atom. The van der Waals surface area contributed by atoms with Crippen LogP contribution >= 0.6 is 0 Å². The molecule has 1 aliphatic rings. The first-order valence-corrected chi connectivity index (χ1v) is 6.66. The molecule has 0 radical (unpaired) electrons. The summed E-state index contributed by atoms with van der Waals surface area (Å²) in [6, 6.07) is 0. The first kappa shape index (κ1) is 13.1. The molecule has 4 heteroatoms. The number of nitrogens with zero attached hydrogens (tertiary/aromatic N) is 3. The van der Waals surface area contributed by atoms with Gasteiger partial charge in [0.2, 0.25) is 5.91 Å². The van der Waals surface area contributed by atoms with Gasteiger partial charge in [0, 0.05) is 43.9 Å². The van der Waals surface area contributed by atoms with Crippen molar-refractivity contribution in [2.24, 2.45) is 12.5 Å². The van der Waals surface area contributed by atoms with E-state index >= 15 is 0 Å². The summed E-state index contributed by atoms with van der Waals surface area (Å²) in [5.41, 5.74) is -0.268. The molecule has 1 amide bonds. The van der Waals surface area contributed by atoms with Crippen LogP contribution in [0.15, 0.2) is 12.4 Å². The number of hydrogen-bond acceptors (Lipinski definition) is 2. The quantitative estimate of drug-likeness (QED) is 0.765. The van der Waals surface area contributed by atoms with Crippen LogP contribution in [0.5, 0.6) is 0 Å². The van der Waals surface area contributed by atoms with Crippen LogP contribution in [0.1, 0.15) is 45.4 Å². The zero-order chi connectivity index (χ0) is 13.3. The Hall–Kier alpha value is -1.32. The minimum atomic E-state index is -0.268. The van der Waals surface area contributed by atoms with Crippen LogP contribution in [0, 0.1) is 5.41 Å². The summed E-state index contributed by atoms with van der Waals surface area (Å²) in [6.07, 6.45) is 5.88. The van der Waals surface area contributed by atoms with Gasteiger partial charge in [-0.25, -0.2) is 4.98 Å². The van der Waals surface area contributed by atoms with Crippen LogP contribution in [0.4, 0.5) is 0 Å². The van der Waals surface area contributed by atoms with Gasteiger partial charge in [-0.1, -0.05) is 20.8 Å². The second-order valence-corrected chi connectivity index (χ2v) is 6.21. The van der Waals surface area contributed by atoms with Crippen LogP contribution in [0.2, 0.25) is 0 Å². The fourth-order valence-corrected chi connectivity index (χ4v) is 2.59. The number of carbonyl (C=O) groups is 1. The summed E-state index contributed by atoms with van der Waals surface area (Å²) in [4.78, 5) is 18.6. The van der Waals surface area contributed by atoms with Crippen molar-refractivity contribution in [1.82, 2.24) is 14.5 Å². The minimum absolute atomic E-state index is 0.265. The number of rotatable bonds is 1. The number of carbonyl (C=O) groups excluding carboxylic acids is 1. The highest BCUT2D eigenvalue weighted by molar-refractivity contribution is 5.81. The highest BCUT2D eigenvalue weighted by atomic mass is 16.2. The van der Waals surface area contributed by atoms with Crippen molar-refractivity contribution < 1.29 is 4.79 Å². The van der Waals surface area contributed by atoms with Crippen LogP contribution in [0.3, 0.4) is 0 Å². The second kappa shape index (κ2) is 4.75. The lowest BCUT2D eigenvalue weighted by atomic mass is 9.91. The summed E-state index contributed by atoms with van der Waals surface area (Å²) >= 11 is 0. The highest BCUT2D eigenvalue weighted by Crippen LogP contribution is 2.28. The third-order valence-electron chi connectivity index (χ3n) is 3.65. The molecule has 0 atom stereocenters. The van der Waals surface area contributed by atoms with E-state index in [1.165, 1.54) is 0 Å². The van der Waals surface area contributed by atoms with Crippen molar-refractivity contribution in [3.63, 3.8) is 0 Å². The Kier molecular flexibility index (Phi) is 3.46. The Bertz CT molecular complexity index is 422. The lowest BCUT2D eigenvalue weighted by Crippen LogP contribution is -2.44. The van der Waals surface area contributed by atoms with Gasteiger partial charge in [-0.05, 0) is 12.8 Å². The predicted molar refractivity (Wildman–Crippen MR) is 71.2 cm³/mol. The van der Waals surface area contributed by atoms with Crippen LogP contribution in [-0.2, 0) is 11.8 Å². The van der Waals surface area contributed by atoms with E-state index in [9.17, 15) is 4.79 Å². The molecule has 0 unspecified atom stereocenters. The summed E-state index contributed by atoms with van der Waals surface area (Å²) in [6.45, 7) is 7.67. The molecule has 0 bridgehead atoms. The molecular formula is C14H23N3O. The van der Waals surface area contributed by atoms with E-state index < -0.39 is 0 Å². The molecule has 1 aromatic rings. The Morgan fingerprint density at radius 2 is 1.94 bits per heavy atom. The predicted octanol–water partition coefficient (Wildman–Crippen LogP) is 2.17. The van der Waals surface area contributed by atoms with Gasteiger partial charge in [-0.2, -0.15) is 0 Å². The molecule has 100 valence electrons. The number of piperidine rings is 1. The minimum Gasteiger partial charge on any atom is -0.342 e. The van der Waals surface area contributed by atoms with E-state index in [4.69, 9.17) is 0 Å². The maximum absolute atomic E-state index is 12.2. The van der Waals surface area contributed by atoms with Crippen molar-refractivity contribution in [1.29, 1.82) is 0 Å². The molecule has 1 aromatic heterocycles. The number of aromatic nitrogens is 2. The summed E-state index contributed by atoms with van der Waals surface area (Å²) in [7, 11) is 2.04. The molecule has 4 nitrogen and oxygen atoms in total. The Labute approximate surface area is 109 Å². The number of amides is 1. The lowest BCUT2D eigenvalue weighted by molar-refractivity contribution is -0.140. The summed E-state index contributed by atoms with van der Waals surface area (Å²) in [5.74, 6) is 1.91. The number of likely N-dealkylation sites (tertiary alicyclic amines) is 1. The van der Waals surface area contributed by atoms with Crippen LogP contribution in [0.25, 0.3) is 0 Å². The molecule has 0 aliphatic carbocycles. The maximum atomic E-state index is 12.2. The monoisotopic (exact) mass is 249 g/mol. The summed E-state index contributed by atoms with van der Waals surface area (Å²) in [5, 5.41) is 0. The van der Waals surface area contributed by atoms with Gasteiger partial charge in [0.15, 0.2) is 0 Å². The maximum Gasteiger partial charge on any atom is 0.227 e. The van der Waals surface area contributed by atoms with Crippen molar-refractivity contribution in [2.75, 3.05) is 13.1 Å². The van der Waals surface area contributed by atoms with E-state index in [1.54, 1.807) is 0 Å². The molecule has 1 aliphatic heterocycles. The van der Waals surface area contributed by atoms with Crippen molar-refractivity contribution in [3.05, 3.63) is 18.2 Å². The molecule has 1 saturated heterocycles. The van der Waals surface area contributed by atoms with Crippen molar-refractivity contribution >= 4 is 5.91 Å². The van der Waals surface area contributed by atoms with E-state index in [2.05, 4.69) is 9.55 Å². The van der Waals surface area contributed by atoms with E-state index in [-0.39, 0.29) is 11.3 Å². The van der Waals surface area contributed by atoms with Crippen LogP contribution in [-0.4, -0.2) is 33.4 Å². The lowest BCUT2D eigenvalue weighted by Gasteiger charge is -2.35. The molecule has 0 saturated carbocycles. The number of imidazole rings is 1. The smallest absolute Gasteiger partial charge is 0.227 e. The molecular weight excluding hydrogens is 226 g/mol. The molecule has 0 aromatic carbocycles. The fourth-order valence-electron chi connectivity index (χ4n) is 2.59. The van der Waals surface area contributed by atoms with E-state index in [1.807, 2.05) is 45.1 Å². The largest absolute Gasteiger partial charge is 0.342 e. The average Bonchev–Trinajstić information content (AvgIpc) is 2.73. The second-order valence-electron chi connectivity index (χ2n) is 6.21.